The third kappa shape index (κ3) is 3.09. The number of aromatic nitrogens is 1. The highest BCUT2D eigenvalue weighted by Gasteiger charge is 2.42. The molecular weight excluding hydrogens is 398 g/mol. The highest BCUT2D eigenvalue weighted by Crippen LogP contribution is 2.46. The van der Waals surface area contributed by atoms with Crippen LogP contribution in [0.1, 0.15) is 22.4 Å². The second-order valence-electron chi connectivity index (χ2n) is 7.79. The summed E-state index contributed by atoms with van der Waals surface area (Å²) < 4.78 is 8.34. The summed E-state index contributed by atoms with van der Waals surface area (Å²) in [5, 5.41) is 12.4. The van der Waals surface area contributed by atoms with Gasteiger partial charge in [-0.3, -0.25) is 4.79 Å². The number of rotatable bonds is 3. The fraction of sp³-hybridized carbons (Fsp3) is 0.111. The number of nitrogens with zero attached hydrogens (tertiary/aromatic N) is 2. The highest BCUT2D eigenvalue weighted by atomic mass is 16.5. The van der Waals surface area contributed by atoms with Crippen molar-refractivity contribution in [2.75, 3.05) is 11.9 Å². The molecule has 1 N–H and O–H groups in total. The van der Waals surface area contributed by atoms with Crippen molar-refractivity contribution in [2.24, 2.45) is 7.05 Å². The Kier molecular flexibility index (Phi) is 4.85. The summed E-state index contributed by atoms with van der Waals surface area (Å²) in [6.45, 7) is -0.0729. The molecule has 5 rings (SSSR count). The SMILES string of the molecule is Cn1c(C#N)ccc1-c1ccc2c(c1)C(c1ccccc1)(c1ccccc1)OCC(=O)N2. The normalized spacial score (nSPS) is 14.7. The summed E-state index contributed by atoms with van der Waals surface area (Å²) in [4.78, 5) is 12.6. The van der Waals surface area contributed by atoms with E-state index in [1.54, 1.807) is 6.07 Å². The first-order valence-corrected chi connectivity index (χ1v) is 10.4. The zero-order chi connectivity index (χ0) is 22.1. The van der Waals surface area contributed by atoms with E-state index in [2.05, 4.69) is 17.5 Å². The van der Waals surface area contributed by atoms with E-state index in [1.807, 2.05) is 90.5 Å². The van der Waals surface area contributed by atoms with Gasteiger partial charge in [0.05, 0.1) is 0 Å². The van der Waals surface area contributed by atoms with Crippen molar-refractivity contribution in [3.05, 3.63) is 113 Å². The van der Waals surface area contributed by atoms with Crippen molar-refractivity contribution < 1.29 is 9.53 Å². The van der Waals surface area contributed by atoms with Crippen LogP contribution in [-0.2, 0) is 22.2 Å². The van der Waals surface area contributed by atoms with Crippen LogP contribution in [0.4, 0.5) is 5.69 Å². The number of fused-ring (bicyclic) bond motifs is 1. The standard InChI is InChI=1S/C27H21N3O2/c1-30-22(17-28)13-15-25(30)19-12-14-24-23(16-19)27(32-18-26(31)29-24,20-8-4-2-5-9-20)21-10-6-3-7-11-21/h2-16H,18H2,1H3,(H,29,31). The minimum atomic E-state index is -0.976. The molecule has 0 atom stereocenters. The number of carbonyl (C=O) groups is 1. The van der Waals surface area contributed by atoms with Crippen molar-refractivity contribution in [3.8, 4) is 17.3 Å². The maximum atomic E-state index is 12.6. The van der Waals surface area contributed by atoms with Gasteiger partial charge in [0.1, 0.15) is 24.0 Å². The minimum Gasteiger partial charge on any atom is -0.351 e. The molecule has 0 radical (unpaired) electrons. The van der Waals surface area contributed by atoms with E-state index in [0.29, 0.717) is 11.4 Å². The molecule has 2 heterocycles. The molecule has 156 valence electrons. The van der Waals surface area contributed by atoms with E-state index in [0.717, 1.165) is 27.9 Å². The second-order valence-corrected chi connectivity index (χ2v) is 7.79. The number of hydrogen-bond donors (Lipinski definition) is 1. The molecule has 1 amide bonds. The van der Waals surface area contributed by atoms with Crippen LogP contribution in [0.15, 0.2) is 91.0 Å². The molecule has 0 aliphatic carbocycles. The van der Waals surface area contributed by atoms with Crippen molar-refractivity contribution in [2.45, 2.75) is 5.60 Å². The maximum Gasteiger partial charge on any atom is 0.250 e. The zero-order valence-electron chi connectivity index (χ0n) is 17.6. The number of ether oxygens (including phenoxy) is 1. The Morgan fingerprint density at radius 3 is 2.19 bits per heavy atom. The lowest BCUT2D eigenvalue weighted by Crippen LogP contribution is -2.33. The Morgan fingerprint density at radius 1 is 0.938 bits per heavy atom. The minimum absolute atomic E-state index is 0.0729. The topological polar surface area (TPSA) is 67.0 Å². The van der Waals surface area contributed by atoms with E-state index in [4.69, 9.17) is 4.74 Å². The van der Waals surface area contributed by atoms with E-state index in [9.17, 15) is 10.1 Å². The molecule has 0 spiro atoms. The van der Waals surface area contributed by atoms with Gasteiger partial charge < -0.3 is 14.6 Å². The molecule has 1 aliphatic rings. The lowest BCUT2D eigenvalue weighted by atomic mass is 9.78. The molecule has 4 aromatic rings. The number of carbonyl (C=O) groups excluding carboxylic acids is 1. The maximum absolute atomic E-state index is 12.6. The number of nitriles is 1. The van der Waals surface area contributed by atoms with Crippen molar-refractivity contribution in [1.29, 1.82) is 5.26 Å². The Balaban J connectivity index is 1.82. The molecule has 0 saturated heterocycles. The number of nitrogens with one attached hydrogen (secondary N) is 1. The summed E-state index contributed by atoms with van der Waals surface area (Å²) in [5.74, 6) is -0.196. The summed E-state index contributed by atoms with van der Waals surface area (Å²) in [7, 11) is 1.87. The molecule has 0 saturated carbocycles. The number of hydrogen-bond acceptors (Lipinski definition) is 3. The summed E-state index contributed by atoms with van der Waals surface area (Å²) >= 11 is 0. The Hall–Kier alpha value is -4.14. The average molecular weight is 419 g/mol. The van der Waals surface area contributed by atoms with Gasteiger partial charge in [-0.25, -0.2) is 0 Å². The van der Waals surface area contributed by atoms with Crippen LogP contribution in [0.2, 0.25) is 0 Å². The fourth-order valence-corrected chi connectivity index (χ4v) is 4.45. The first kappa shape index (κ1) is 19.8. The molecule has 5 nitrogen and oxygen atoms in total. The molecule has 5 heteroatoms. The van der Waals surface area contributed by atoms with E-state index in [1.165, 1.54) is 0 Å². The van der Waals surface area contributed by atoms with Gasteiger partial charge in [0.2, 0.25) is 5.91 Å². The van der Waals surface area contributed by atoms with Gasteiger partial charge >= 0.3 is 0 Å². The van der Waals surface area contributed by atoms with Gasteiger partial charge in [-0.2, -0.15) is 5.26 Å². The molecular formula is C27H21N3O2. The summed E-state index contributed by atoms with van der Waals surface area (Å²) in [6.07, 6.45) is 0. The zero-order valence-corrected chi connectivity index (χ0v) is 17.6. The first-order valence-electron chi connectivity index (χ1n) is 10.4. The Labute approximate surface area is 186 Å². The van der Waals surface area contributed by atoms with E-state index >= 15 is 0 Å². The average Bonchev–Trinajstić information content (AvgIpc) is 3.14. The second kappa shape index (κ2) is 7.84. The number of anilines is 1. The Morgan fingerprint density at radius 2 is 1.59 bits per heavy atom. The molecule has 0 fully saturated rings. The number of amides is 1. The molecule has 3 aromatic carbocycles. The first-order chi connectivity index (χ1) is 15.6. The molecule has 32 heavy (non-hydrogen) atoms. The quantitative estimate of drug-likeness (QED) is 0.517. The van der Waals surface area contributed by atoms with Crippen LogP contribution in [0.25, 0.3) is 11.3 Å². The van der Waals surface area contributed by atoms with Crippen LogP contribution in [0.5, 0.6) is 0 Å². The predicted octanol–water partition coefficient (Wildman–Crippen LogP) is 4.82. The van der Waals surface area contributed by atoms with Crippen LogP contribution < -0.4 is 5.32 Å². The smallest absolute Gasteiger partial charge is 0.250 e. The Bertz CT molecular complexity index is 1300. The van der Waals surface area contributed by atoms with Crippen LogP contribution >= 0.6 is 0 Å². The van der Waals surface area contributed by atoms with Gasteiger partial charge in [-0.05, 0) is 41.0 Å². The molecule has 0 unspecified atom stereocenters. The third-order valence-electron chi connectivity index (χ3n) is 5.99. The lowest BCUT2D eigenvalue weighted by Gasteiger charge is -2.35. The van der Waals surface area contributed by atoms with Gasteiger partial charge in [0.25, 0.3) is 0 Å². The monoisotopic (exact) mass is 419 g/mol. The predicted molar refractivity (Wildman–Crippen MR) is 123 cm³/mol. The highest BCUT2D eigenvalue weighted by molar-refractivity contribution is 5.94. The van der Waals surface area contributed by atoms with E-state index < -0.39 is 5.60 Å². The van der Waals surface area contributed by atoms with Gasteiger partial charge in [0, 0.05) is 24.0 Å². The lowest BCUT2D eigenvalue weighted by molar-refractivity contribution is -0.123. The van der Waals surface area contributed by atoms with Gasteiger partial charge in [-0.1, -0.05) is 66.7 Å². The van der Waals surface area contributed by atoms with Gasteiger partial charge in [0.15, 0.2) is 0 Å². The molecule has 0 bridgehead atoms. The largest absolute Gasteiger partial charge is 0.351 e. The van der Waals surface area contributed by atoms with E-state index in [-0.39, 0.29) is 12.5 Å². The van der Waals surface area contributed by atoms with Crippen molar-refractivity contribution in [1.82, 2.24) is 4.57 Å². The summed E-state index contributed by atoms with van der Waals surface area (Å²) in [5.41, 5.74) is 4.87. The van der Waals surface area contributed by atoms with Crippen LogP contribution in [0, 0.1) is 11.3 Å². The molecule has 1 aliphatic heterocycles. The van der Waals surface area contributed by atoms with Crippen molar-refractivity contribution >= 4 is 11.6 Å². The molecule has 1 aromatic heterocycles. The van der Waals surface area contributed by atoms with Crippen molar-refractivity contribution in [3.63, 3.8) is 0 Å². The number of benzene rings is 3. The fourth-order valence-electron chi connectivity index (χ4n) is 4.45. The third-order valence-corrected chi connectivity index (χ3v) is 5.99. The van der Waals surface area contributed by atoms with Gasteiger partial charge in [-0.15, -0.1) is 0 Å². The van der Waals surface area contributed by atoms with Crippen LogP contribution in [-0.4, -0.2) is 17.1 Å². The van der Waals surface area contributed by atoms with Crippen LogP contribution in [0.3, 0.4) is 0 Å². The summed E-state index contributed by atoms with van der Waals surface area (Å²) in [6, 6.07) is 31.8.